The van der Waals surface area contributed by atoms with Crippen molar-refractivity contribution in [1.29, 1.82) is 0 Å². The van der Waals surface area contributed by atoms with Crippen LogP contribution >= 0.6 is 0 Å². The zero-order chi connectivity index (χ0) is 20.1. The molecule has 0 aromatic rings. The van der Waals surface area contributed by atoms with E-state index in [2.05, 4.69) is 63.6 Å². The van der Waals surface area contributed by atoms with Gasteiger partial charge in [0.15, 0.2) is 0 Å². The summed E-state index contributed by atoms with van der Waals surface area (Å²) in [5.74, 6) is 0.592. The first kappa shape index (κ1) is 24.4. The highest BCUT2D eigenvalue weighted by Crippen LogP contribution is 2.28. The van der Waals surface area contributed by atoms with E-state index in [9.17, 15) is 9.90 Å². The third-order valence-corrected chi connectivity index (χ3v) is 4.91. The van der Waals surface area contributed by atoms with Crippen LogP contribution in [0, 0.1) is 11.8 Å². The third kappa shape index (κ3) is 8.15. The molecule has 0 heterocycles. The molecule has 0 saturated heterocycles. The lowest BCUT2D eigenvalue weighted by molar-refractivity contribution is -0.116. The molecule has 0 aliphatic carbocycles. The summed E-state index contributed by atoms with van der Waals surface area (Å²) < 4.78 is 0. The van der Waals surface area contributed by atoms with Gasteiger partial charge < -0.3 is 15.7 Å². The number of allylic oxidation sites excluding steroid dienone is 2. The van der Waals surface area contributed by atoms with Crippen molar-refractivity contribution in [3.63, 3.8) is 0 Å². The zero-order valence-electron chi connectivity index (χ0n) is 17.3. The quantitative estimate of drug-likeness (QED) is 0.345. The van der Waals surface area contributed by atoms with E-state index < -0.39 is 0 Å². The molecule has 0 saturated carbocycles. The second kappa shape index (κ2) is 13.5. The zero-order valence-corrected chi connectivity index (χ0v) is 17.3. The van der Waals surface area contributed by atoms with Gasteiger partial charge in [0.25, 0.3) is 0 Å². The van der Waals surface area contributed by atoms with Gasteiger partial charge in [0, 0.05) is 19.2 Å². The van der Waals surface area contributed by atoms with Crippen molar-refractivity contribution in [2.75, 3.05) is 20.2 Å². The highest BCUT2D eigenvalue weighted by molar-refractivity contribution is 5.86. The third-order valence-electron chi connectivity index (χ3n) is 4.91. The minimum absolute atomic E-state index is 0.0763. The van der Waals surface area contributed by atoms with Gasteiger partial charge in [0.1, 0.15) is 0 Å². The molecule has 4 nitrogen and oxygen atoms in total. The molecule has 3 N–H and O–H groups in total. The Balaban J connectivity index is 6.02. The summed E-state index contributed by atoms with van der Waals surface area (Å²) in [6.07, 6.45) is 8.19. The molecule has 0 bridgehead atoms. The van der Waals surface area contributed by atoms with E-state index in [1.165, 1.54) is 6.08 Å². The molecule has 148 valence electrons. The number of amides is 1. The number of hydrogen-bond acceptors (Lipinski definition) is 3. The van der Waals surface area contributed by atoms with E-state index in [4.69, 9.17) is 0 Å². The summed E-state index contributed by atoms with van der Waals surface area (Å²) in [6.45, 7) is 17.0. The van der Waals surface area contributed by atoms with Crippen molar-refractivity contribution in [1.82, 2.24) is 10.6 Å². The largest absolute Gasteiger partial charge is 0.396 e. The van der Waals surface area contributed by atoms with Gasteiger partial charge in [0.05, 0.1) is 0 Å². The molecule has 3 atom stereocenters. The monoisotopic (exact) mass is 362 g/mol. The van der Waals surface area contributed by atoms with E-state index in [0.717, 1.165) is 29.6 Å². The SMILES string of the molecule is C=CC(=O)NCC(NC)/C(C(=C)C(C)CC)=C(/C=C\C(C)CC)CCO. The minimum Gasteiger partial charge on any atom is -0.396 e. The van der Waals surface area contributed by atoms with Crippen LogP contribution in [-0.2, 0) is 4.79 Å². The predicted molar refractivity (Wildman–Crippen MR) is 112 cm³/mol. The fourth-order valence-corrected chi connectivity index (χ4v) is 2.63. The number of carbonyl (C=O) groups is 1. The average Bonchev–Trinajstić information content (AvgIpc) is 2.66. The number of likely N-dealkylation sites (N-methyl/N-ethyl adjacent to an activating group) is 1. The lowest BCUT2D eigenvalue weighted by Crippen LogP contribution is -2.41. The molecule has 0 aromatic heterocycles. The summed E-state index contributed by atoms with van der Waals surface area (Å²) in [5, 5.41) is 15.8. The van der Waals surface area contributed by atoms with E-state index >= 15 is 0 Å². The summed E-state index contributed by atoms with van der Waals surface area (Å²) in [7, 11) is 1.88. The van der Waals surface area contributed by atoms with Crippen LogP contribution in [0.5, 0.6) is 0 Å². The second-order valence-corrected chi connectivity index (χ2v) is 6.78. The molecular formula is C22H38N2O2. The molecule has 4 heteroatoms. The Kier molecular flexibility index (Phi) is 12.7. The first-order valence-electron chi connectivity index (χ1n) is 9.64. The van der Waals surface area contributed by atoms with E-state index in [1.807, 2.05) is 7.05 Å². The Hall–Kier alpha value is -1.65. The highest BCUT2D eigenvalue weighted by atomic mass is 16.3. The van der Waals surface area contributed by atoms with Gasteiger partial charge in [-0.05, 0) is 54.5 Å². The fourth-order valence-electron chi connectivity index (χ4n) is 2.63. The first-order valence-corrected chi connectivity index (χ1v) is 9.64. The fraction of sp³-hybridized carbons (Fsp3) is 0.591. The van der Waals surface area contributed by atoms with E-state index in [0.29, 0.717) is 24.8 Å². The van der Waals surface area contributed by atoms with Gasteiger partial charge in [-0.25, -0.2) is 0 Å². The van der Waals surface area contributed by atoms with Crippen molar-refractivity contribution >= 4 is 5.91 Å². The summed E-state index contributed by atoms with van der Waals surface area (Å²) in [6, 6.07) is -0.0801. The normalized spacial score (nSPS) is 15.9. The molecule has 0 radical (unpaired) electrons. The Labute approximate surface area is 160 Å². The Morgan fingerprint density at radius 2 is 1.88 bits per heavy atom. The molecule has 1 amide bonds. The van der Waals surface area contributed by atoms with Gasteiger partial charge in [-0.2, -0.15) is 0 Å². The van der Waals surface area contributed by atoms with Gasteiger partial charge in [0.2, 0.25) is 5.91 Å². The maximum absolute atomic E-state index is 11.6. The lowest BCUT2D eigenvalue weighted by atomic mass is 9.84. The van der Waals surface area contributed by atoms with Crippen LogP contribution in [0.1, 0.15) is 47.0 Å². The van der Waals surface area contributed by atoms with Crippen LogP contribution in [-0.4, -0.2) is 37.3 Å². The van der Waals surface area contributed by atoms with Crippen LogP contribution in [0.3, 0.4) is 0 Å². The molecule has 0 aliphatic heterocycles. The average molecular weight is 363 g/mol. The summed E-state index contributed by atoms with van der Waals surface area (Å²) in [5.41, 5.74) is 3.21. The maximum Gasteiger partial charge on any atom is 0.243 e. The molecule has 26 heavy (non-hydrogen) atoms. The molecule has 0 aliphatic rings. The van der Waals surface area contributed by atoms with Crippen LogP contribution in [0.2, 0.25) is 0 Å². The van der Waals surface area contributed by atoms with Crippen LogP contribution in [0.25, 0.3) is 0 Å². The number of carbonyl (C=O) groups excluding carboxylic acids is 1. The smallest absolute Gasteiger partial charge is 0.243 e. The second-order valence-electron chi connectivity index (χ2n) is 6.78. The van der Waals surface area contributed by atoms with Gasteiger partial charge in [-0.1, -0.05) is 59.4 Å². The molecule has 3 unspecified atom stereocenters. The Morgan fingerprint density at radius 1 is 1.23 bits per heavy atom. The number of rotatable bonds is 13. The van der Waals surface area contributed by atoms with E-state index in [-0.39, 0.29) is 18.6 Å². The van der Waals surface area contributed by atoms with Gasteiger partial charge >= 0.3 is 0 Å². The molecule has 0 fully saturated rings. The van der Waals surface area contributed by atoms with Crippen molar-refractivity contribution < 1.29 is 9.90 Å². The van der Waals surface area contributed by atoms with Crippen molar-refractivity contribution in [3.8, 4) is 0 Å². The number of aliphatic hydroxyl groups excluding tert-OH is 1. The topological polar surface area (TPSA) is 61.4 Å². The van der Waals surface area contributed by atoms with Crippen molar-refractivity contribution in [2.24, 2.45) is 11.8 Å². The van der Waals surface area contributed by atoms with Crippen molar-refractivity contribution in [2.45, 2.75) is 53.0 Å². The molecule has 0 rings (SSSR count). The summed E-state index contributed by atoms with van der Waals surface area (Å²) in [4.78, 5) is 11.6. The number of aliphatic hydroxyl groups is 1. The van der Waals surface area contributed by atoms with Crippen LogP contribution < -0.4 is 10.6 Å². The summed E-state index contributed by atoms with van der Waals surface area (Å²) >= 11 is 0. The standard InChI is InChI=1S/C22H38N2O2/c1-8-16(4)11-12-19(13-14-25)22(18(6)17(5)9-2)20(23-7)15-24-21(26)10-3/h10-12,16-17,20,23,25H,3,6,8-9,13-15H2,1-2,4-5,7H3,(H,24,26)/b12-11-,22-19-. The number of hydrogen-bond donors (Lipinski definition) is 3. The predicted octanol–water partition coefficient (Wildman–Crippen LogP) is 3.76. The lowest BCUT2D eigenvalue weighted by Gasteiger charge is -2.27. The molecule has 0 spiro atoms. The van der Waals surface area contributed by atoms with E-state index in [1.54, 1.807) is 0 Å². The Morgan fingerprint density at radius 3 is 2.35 bits per heavy atom. The van der Waals surface area contributed by atoms with Gasteiger partial charge in [-0.3, -0.25) is 4.79 Å². The van der Waals surface area contributed by atoms with Crippen LogP contribution in [0.15, 0.2) is 48.1 Å². The van der Waals surface area contributed by atoms with Crippen LogP contribution in [0.4, 0.5) is 0 Å². The minimum atomic E-state index is -0.197. The first-order chi connectivity index (χ1) is 12.4. The van der Waals surface area contributed by atoms with Gasteiger partial charge in [-0.15, -0.1) is 0 Å². The molecule has 0 aromatic carbocycles. The number of nitrogens with one attached hydrogen (secondary N) is 2. The van der Waals surface area contributed by atoms with Crippen molar-refractivity contribution in [3.05, 3.63) is 48.1 Å². The maximum atomic E-state index is 11.6. The Bertz CT molecular complexity index is 520. The highest BCUT2D eigenvalue weighted by Gasteiger charge is 2.22. The molecular weight excluding hydrogens is 324 g/mol.